The lowest BCUT2D eigenvalue weighted by molar-refractivity contribution is -0.118. The van der Waals surface area contributed by atoms with Crippen LogP contribution in [-0.4, -0.2) is 54.7 Å². The maximum atomic E-state index is 13.4. The minimum Gasteiger partial charge on any atom is -0.382 e. The Morgan fingerprint density at radius 3 is 2.60 bits per heavy atom. The maximum absolute atomic E-state index is 13.4. The summed E-state index contributed by atoms with van der Waals surface area (Å²) < 4.78 is 40.3. The van der Waals surface area contributed by atoms with Gasteiger partial charge in [0.25, 0.3) is 0 Å². The zero-order valence-corrected chi connectivity index (χ0v) is 17.3. The zero-order chi connectivity index (χ0) is 21.9. The van der Waals surface area contributed by atoms with Crippen molar-refractivity contribution in [2.24, 2.45) is 0 Å². The number of piperidine rings is 1. The van der Waals surface area contributed by atoms with E-state index in [0.717, 1.165) is 31.6 Å². The highest BCUT2D eigenvalue weighted by atomic mass is 19.4. The van der Waals surface area contributed by atoms with Crippen LogP contribution in [0.25, 0.3) is 16.3 Å². The molecular formula is C22H27F3N4O. The molecule has 1 aromatic heterocycles. The number of carbonyl (C=O) groups excluding carboxylic acids is 1. The Morgan fingerprint density at radius 1 is 1.27 bits per heavy atom. The number of benzene rings is 1. The van der Waals surface area contributed by atoms with E-state index < -0.39 is 11.7 Å². The Bertz CT molecular complexity index is 934. The first-order valence-electron chi connectivity index (χ1n) is 10.0. The molecule has 0 saturated carbocycles. The molecule has 1 amide bonds. The van der Waals surface area contributed by atoms with E-state index >= 15 is 0 Å². The number of rotatable bonds is 6. The molecule has 1 fully saturated rings. The van der Waals surface area contributed by atoms with E-state index in [1.54, 1.807) is 12.1 Å². The molecule has 0 aliphatic carbocycles. The lowest BCUT2D eigenvalue weighted by Gasteiger charge is -2.30. The first-order chi connectivity index (χ1) is 14.1. The van der Waals surface area contributed by atoms with Gasteiger partial charge in [0, 0.05) is 48.1 Å². The van der Waals surface area contributed by atoms with Crippen LogP contribution in [-0.2, 0) is 11.2 Å². The van der Waals surface area contributed by atoms with E-state index in [1.807, 2.05) is 12.1 Å². The largest absolute Gasteiger partial charge is 0.417 e. The van der Waals surface area contributed by atoms with Gasteiger partial charge < -0.3 is 15.5 Å². The van der Waals surface area contributed by atoms with Crippen molar-refractivity contribution in [3.63, 3.8) is 0 Å². The summed E-state index contributed by atoms with van der Waals surface area (Å²) in [6.07, 6.45) is -2.31. The monoisotopic (exact) mass is 420 g/mol. The number of halogens is 3. The molecule has 2 N–H and O–H groups in total. The number of hydrogen-bond donors (Lipinski definition) is 2. The van der Waals surface area contributed by atoms with Crippen molar-refractivity contribution in [1.82, 2.24) is 15.2 Å². The molecule has 2 aromatic rings. The molecule has 30 heavy (non-hydrogen) atoms. The zero-order valence-electron chi connectivity index (χ0n) is 17.3. The molecular weight excluding hydrogens is 393 g/mol. The van der Waals surface area contributed by atoms with Gasteiger partial charge in [-0.3, -0.25) is 9.78 Å². The van der Waals surface area contributed by atoms with Crippen molar-refractivity contribution in [3.8, 4) is 0 Å². The van der Waals surface area contributed by atoms with E-state index in [9.17, 15) is 18.0 Å². The maximum Gasteiger partial charge on any atom is 0.417 e. The van der Waals surface area contributed by atoms with Crippen molar-refractivity contribution >= 4 is 27.9 Å². The predicted octanol–water partition coefficient (Wildman–Crippen LogP) is 4.00. The summed E-state index contributed by atoms with van der Waals surface area (Å²) in [7, 11) is 2.08. The Labute approximate surface area is 174 Å². The fourth-order valence-corrected chi connectivity index (χ4v) is 3.69. The summed E-state index contributed by atoms with van der Waals surface area (Å²) in [6.45, 7) is 6.91. The Morgan fingerprint density at radius 2 is 1.97 bits per heavy atom. The number of amides is 1. The number of nitrogens with one attached hydrogen (secondary N) is 2. The van der Waals surface area contributed by atoms with E-state index in [4.69, 9.17) is 0 Å². The second kappa shape index (κ2) is 9.04. The highest BCUT2D eigenvalue weighted by molar-refractivity contribution is 6.00. The van der Waals surface area contributed by atoms with Gasteiger partial charge in [-0.15, -0.1) is 0 Å². The van der Waals surface area contributed by atoms with Gasteiger partial charge in [-0.25, -0.2) is 0 Å². The minimum absolute atomic E-state index is 0.162. The molecule has 3 rings (SSSR count). The third kappa shape index (κ3) is 5.30. The number of alkyl halides is 3. The lowest BCUT2D eigenvalue weighted by atomic mass is 10.00. The first-order valence-corrected chi connectivity index (χ1v) is 10.0. The number of allylic oxidation sites excluding steroid dienone is 1. The molecule has 162 valence electrons. The molecule has 0 unspecified atom stereocenters. The molecule has 0 atom stereocenters. The third-order valence-electron chi connectivity index (χ3n) is 5.39. The molecule has 0 radical (unpaired) electrons. The van der Waals surface area contributed by atoms with E-state index in [-0.39, 0.29) is 17.6 Å². The van der Waals surface area contributed by atoms with E-state index in [2.05, 4.69) is 34.1 Å². The number of pyridine rings is 1. The number of nitrogens with zero attached hydrogens (tertiary/aromatic N) is 2. The SMILES string of the molecule is C=C(c1nc(CCNC(C)=O)cc2c(NC3CCN(C)CC3)cccc12)C(F)(F)F. The molecule has 1 aliphatic rings. The number of fused-ring (bicyclic) bond motifs is 1. The smallest absolute Gasteiger partial charge is 0.382 e. The van der Waals surface area contributed by atoms with Crippen LogP contribution < -0.4 is 10.6 Å². The van der Waals surface area contributed by atoms with Crippen molar-refractivity contribution in [2.45, 2.75) is 38.4 Å². The quantitative estimate of drug-likeness (QED) is 0.742. The Balaban J connectivity index is 2.00. The highest BCUT2D eigenvalue weighted by Gasteiger charge is 2.35. The van der Waals surface area contributed by atoms with Gasteiger partial charge in [-0.2, -0.15) is 13.2 Å². The number of carbonyl (C=O) groups is 1. The summed E-state index contributed by atoms with van der Waals surface area (Å²) in [5.41, 5.74) is 0.144. The number of hydrogen-bond acceptors (Lipinski definition) is 4. The molecule has 5 nitrogen and oxygen atoms in total. The lowest BCUT2D eigenvalue weighted by Crippen LogP contribution is -2.36. The second-order valence-corrected chi connectivity index (χ2v) is 7.79. The molecule has 1 aromatic carbocycles. The molecule has 1 saturated heterocycles. The third-order valence-corrected chi connectivity index (χ3v) is 5.39. The Hall–Kier alpha value is -2.61. The average Bonchev–Trinajstić information content (AvgIpc) is 2.68. The van der Waals surface area contributed by atoms with Crippen LogP contribution in [0.3, 0.4) is 0 Å². The second-order valence-electron chi connectivity index (χ2n) is 7.79. The Kier molecular flexibility index (Phi) is 6.65. The molecule has 0 bridgehead atoms. The van der Waals surface area contributed by atoms with Gasteiger partial charge in [0.15, 0.2) is 0 Å². The van der Waals surface area contributed by atoms with Crippen LogP contribution in [0.4, 0.5) is 18.9 Å². The summed E-state index contributed by atoms with van der Waals surface area (Å²) in [6, 6.07) is 7.34. The highest BCUT2D eigenvalue weighted by Crippen LogP contribution is 2.37. The fraction of sp³-hybridized carbons (Fsp3) is 0.455. The van der Waals surface area contributed by atoms with Gasteiger partial charge in [0.2, 0.25) is 5.91 Å². The number of anilines is 1. The van der Waals surface area contributed by atoms with Crippen LogP contribution in [0.5, 0.6) is 0 Å². The van der Waals surface area contributed by atoms with Gasteiger partial charge in [-0.1, -0.05) is 18.7 Å². The van der Waals surface area contributed by atoms with E-state index in [1.165, 1.54) is 6.92 Å². The average molecular weight is 420 g/mol. The standard InChI is InChI=1S/C22H27F3N4O/c1-14(22(23,24)25)21-18-5-4-6-20(27-16-8-11-29(3)12-9-16)19(18)13-17(28-21)7-10-26-15(2)30/h4-6,13,16,27H,1,7-12H2,2-3H3,(H,26,30). The predicted molar refractivity (Wildman–Crippen MR) is 113 cm³/mol. The van der Waals surface area contributed by atoms with Crippen LogP contribution >= 0.6 is 0 Å². The number of likely N-dealkylation sites (tertiary alicyclic amines) is 1. The van der Waals surface area contributed by atoms with Crippen molar-refractivity contribution < 1.29 is 18.0 Å². The molecule has 2 heterocycles. The topological polar surface area (TPSA) is 57.3 Å². The summed E-state index contributed by atoms with van der Waals surface area (Å²) >= 11 is 0. The van der Waals surface area contributed by atoms with Crippen molar-refractivity contribution in [3.05, 3.63) is 42.2 Å². The minimum atomic E-state index is -4.58. The van der Waals surface area contributed by atoms with Crippen molar-refractivity contribution in [1.29, 1.82) is 0 Å². The summed E-state index contributed by atoms with van der Waals surface area (Å²) in [5.74, 6) is -0.194. The van der Waals surface area contributed by atoms with E-state index in [0.29, 0.717) is 29.4 Å². The molecule has 8 heteroatoms. The van der Waals surface area contributed by atoms with Crippen LogP contribution in [0.15, 0.2) is 30.8 Å². The van der Waals surface area contributed by atoms with Gasteiger partial charge in [0.05, 0.1) is 11.3 Å². The van der Waals surface area contributed by atoms with Gasteiger partial charge >= 0.3 is 6.18 Å². The molecule has 1 aliphatic heterocycles. The fourth-order valence-electron chi connectivity index (χ4n) is 3.69. The van der Waals surface area contributed by atoms with Crippen LogP contribution in [0.2, 0.25) is 0 Å². The molecule has 0 spiro atoms. The van der Waals surface area contributed by atoms with Gasteiger partial charge in [-0.05, 0) is 45.1 Å². The summed E-state index contributed by atoms with van der Waals surface area (Å²) in [4.78, 5) is 17.7. The van der Waals surface area contributed by atoms with Crippen molar-refractivity contribution in [2.75, 3.05) is 32.0 Å². The van der Waals surface area contributed by atoms with Gasteiger partial charge in [0.1, 0.15) is 0 Å². The summed E-state index contributed by atoms with van der Waals surface area (Å²) in [5, 5.41) is 7.28. The first kappa shape index (κ1) is 22.1. The van der Waals surface area contributed by atoms with Crippen LogP contribution in [0, 0.1) is 0 Å². The van der Waals surface area contributed by atoms with Crippen LogP contribution in [0.1, 0.15) is 31.2 Å². The number of aromatic nitrogens is 1. The normalized spacial score (nSPS) is 15.9.